The third kappa shape index (κ3) is 5.23. The summed E-state index contributed by atoms with van der Waals surface area (Å²) in [6.45, 7) is 6.53. The molecule has 0 aliphatic heterocycles. The summed E-state index contributed by atoms with van der Waals surface area (Å²) in [4.78, 5) is 26.4. The molecule has 0 saturated heterocycles. The van der Waals surface area contributed by atoms with Crippen molar-refractivity contribution in [3.05, 3.63) is 29.3 Å². The third-order valence-electron chi connectivity index (χ3n) is 5.32. The van der Waals surface area contributed by atoms with Crippen molar-refractivity contribution in [2.24, 2.45) is 5.92 Å². The number of ether oxygens (including phenoxy) is 2. The van der Waals surface area contributed by atoms with Crippen molar-refractivity contribution in [2.75, 3.05) is 20.3 Å². The Balaban J connectivity index is 2.07. The average Bonchev–Trinajstić information content (AvgIpc) is 2.62. The van der Waals surface area contributed by atoms with Gasteiger partial charge in [-0.1, -0.05) is 38.0 Å². The minimum Gasteiger partial charge on any atom is -0.483 e. The van der Waals surface area contributed by atoms with E-state index in [0.29, 0.717) is 12.5 Å². The van der Waals surface area contributed by atoms with Crippen LogP contribution in [0.1, 0.15) is 50.2 Å². The predicted octanol–water partition coefficient (Wildman–Crippen LogP) is 3.65. The van der Waals surface area contributed by atoms with Gasteiger partial charge in [-0.15, -0.1) is 0 Å². The van der Waals surface area contributed by atoms with Crippen LogP contribution in [0.5, 0.6) is 5.75 Å². The van der Waals surface area contributed by atoms with Gasteiger partial charge in [0.05, 0.1) is 13.5 Å². The van der Waals surface area contributed by atoms with E-state index in [-0.39, 0.29) is 30.9 Å². The minimum absolute atomic E-state index is 0.00388. The molecular formula is C21H31NO4. The Morgan fingerprint density at radius 2 is 1.81 bits per heavy atom. The monoisotopic (exact) mass is 361 g/mol. The van der Waals surface area contributed by atoms with E-state index in [0.717, 1.165) is 36.1 Å². The number of para-hydroxylation sites is 1. The lowest BCUT2D eigenvalue weighted by Gasteiger charge is -2.38. The van der Waals surface area contributed by atoms with Crippen LogP contribution in [0.25, 0.3) is 0 Å². The van der Waals surface area contributed by atoms with Gasteiger partial charge in [0.1, 0.15) is 5.75 Å². The summed E-state index contributed by atoms with van der Waals surface area (Å²) < 4.78 is 10.6. The molecule has 1 aliphatic carbocycles. The zero-order chi connectivity index (χ0) is 19.1. The topological polar surface area (TPSA) is 55.8 Å². The van der Waals surface area contributed by atoms with E-state index >= 15 is 0 Å². The number of nitrogens with zero attached hydrogens (tertiary/aromatic N) is 1. The van der Waals surface area contributed by atoms with E-state index in [4.69, 9.17) is 9.47 Å². The summed E-state index contributed by atoms with van der Waals surface area (Å²) in [5.74, 6) is 0.855. The second-order valence-corrected chi connectivity index (χ2v) is 7.25. The lowest BCUT2D eigenvalue weighted by Crippen LogP contribution is -2.48. The molecule has 2 unspecified atom stereocenters. The minimum atomic E-state index is -0.290. The van der Waals surface area contributed by atoms with Crippen molar-refractivity contribution < 1.29 is 19.1 Å². The number of esters is 1. The molecule has 2 rings (SSSR count). The van der Waals surface area contributed by atoms with Crippen LogP contribution in [0, 0.1) is 19.8 Å². The third-order valence-corrected chi connectivity index (χ3v) is 5.32. The number of hydrogen-bond donors (Lipinski definition) is 0. The SMILES string of the molecule is COC(=O)CCN(C(=O)COc1c(C)cccc1C)C1CCCCC1C. The Morgan fingerprint density at radius 1 is 1.15 bits per heavy atom. The highest BCUT2D eigenvalue weighted by Crippen LogP contribution is 2.29. The van der Waals surface area contributed by atoms with Gasteiger partial charge in [-0.3, -0.25) is 9.59 Å². The molecule has 0 bridgehead atoms. The summed E-state index contributed by atoms with van der Waals surface area (Å²) in [5, 5.41) is 0. The maximum absolute atomic E-state index is 12.9. The number of benzene rings is 1. The zero-order valence-electron chi connectivity index (χ0n) is 16.4. The normalized spacial score (nSPS) is 19.7. The molecule has 1 aliphatic rings. The molecule has 0 N–H and O–H groups in total. The number of aryl methyl sites for hydroxylation is 2. The number of carbonyl (C=O) groups excluding carboxylic acids is 2. The summed E-state index contributed by atoms with van der Waals surface area (Å²) in [6.07, 6.45) is 4.64. The largest absolute Gasteiger partial charge is 0.483 e. The van der Waals surface area contributed by atoms with E-state index in [1.54, 1.807) is 0 Å². The van der Waals surface area contributed by atoms with Gasteiger partial charge in [0.25, 0.3) is 5.91 Å². The summed E-state index contributed by atoms with van der Waals surface area (Å²) in [6, 6.07) is 6.10. The Labute approximate surface area is 156 Å². The van der Waals surface area contributed by atoms with Gasteiger partial charge < -0.3 is 14.4 Å². The number of hydrogen-bond acceptors (Lipinski definition) is 4. The maximum Gasteiger partial charge on any atom is 0.307 e. The Hall–Kier alpha value is -2.04. The molecular weight excluding hydrogens is 330 g/mol. The van der Waals surface area contributed by atoms with E-state index in [1.807, 2.05) is 36.9 Å². The van der Waals surface area contributed by atoms with E-state index in [2.05, 4.69) is 6.92 Å². The van der Waals surface area contributed by atoms with Crippen molar-refractivity contribution >= 4 is 11.9 Å². The molecule has 0 radical (unpaired) electrons. The molecule has 1 amide bonds. The molecule has 144 valence electrons. The standard InChI is InChI=1S/C21H31NO4/c1-15-8-5-6-11-18(15)22(13-12-20(24)25-4)19(23)14-26-21-16(2)9-7-10-17(21)3/h7,9-10,15,18H,5-6,8,11-14H2,1-4H3. The molecule has 0 spiro atoms. The first-order chi connectivity index (χ1) is 12.4. The fourth-order valence-electron chi connectivity index (χ4n) is 3.79. The molecule has 5 heteroatoms. The quantitative estimate of drug-likeness (QED) is 0.696. The highest BCUT2D eigenvalue weighted by atomic mass is 16.5. The maximum atomic E-state index is 12.9. The van der Waals surface area contributed by atoms with Gasteiger partial charge in [-0.2, -0.15) is 0 Å². The van der Waals surface area contributed by atoms with Gasteiger partial charge >= 0.3 is 5.97 Å². The molecule has 5 nitrogen and oxygen atoms in total. The lowest BCUT2D eigenvalue weighted by molar-refractivity contribution is -0.143. The molecule has 0 heterocycles. The fraction of sp³-hybridized carbons (Fsp3) is 0.619. The second kappa shape index (κ2) is 9.60. The van der Waals surface area contributed by atoms with Gasteiger partial charge in [0.15, 0.2) is 6.61 Å². The van der Waals surface area contributed by atoms with Crippen LogP contribution < -0.4 is 4.74 Å². The Bertz CT molecular complexity index is 608. The molecule has 1 saturated carbocycles. The van der Waals surface area contributed by atoms with Crippen LogP contribution in [0.4, 0.5) is 0 Å². The van der Waals surface area contributed by atoms with Crippen LogP contribution in [-0.4, -0.2) is 43.1 Å². The van der Waals surface area contributed by atoms with Gasteiger partial charge in [-0.05, 0) is 43.7 Å². The number of carbonyl (C=O) groups is 2. The smallest absolute Gasteiger partial charge is 0.307 e. The van der Waals surface area contributed by atoms with Crippen LogP contribution in [0.2, 0.25) is 0 Å². The first-order valence-electron chi connectivity index (χ1n) is 9.49. The van der Waals surface area contributed by atoms with Crippen LogP contribution in [0.3, 0.4) is 0 Å². The van der Waals surface area contributed by atoms with Crippen molar-refractivity contribution in [3.63, 3.8) is 0 Å². The van der Waals surface area contributed by atoms with E-state index in [9.17, 15) is 9.59 Å². The summed E-state index contributed by atoms with van der Waals surface area (Å²) in [5.41, 5.74) is 2.04. The summed E-state index contributed by atoms with van der Waals surface area (Å²) in [7, 11) is 1.38. The number of methoxy groups -OCH3 is 1. The highest BCUT2D eigenvalue weighted by molar-refractivity contribution is 5.79. The molecule has 2 atom stereocenters. The first kappa shape index (κ1) is 20.3. The highest BCUT2D eigenvalue weighted by Gasteiger charge is 2.31. The molecule has 1 aromatic rings. The lowest BCUT2D eigenvalue weighted by atomic mass is 9.84. The van der Waals surface area contributed by atoms with Gasteiger partial charge in [0.2, 0.25) is 0 Å². The van der Waals surface area contributed by atoms with Crippen molar-refractivity contribution in [1.29, 1.82) is 0 Å². The average molecular weight is 361 g/mol. The number of amides is 1. The predicted molar refractivity (Wildman–Crippen MR) is 101 cm³/mol. The van der Waals surface area contributed by atoms with Crippen LogP contribution in [0.15, 0.2) is 18.2 Å². The van der Waals surface area contributed by atoms with Crippen LogP contribution in [-0.2, 0) is 14.3 Å². The second-order valence-electron chi connectivity index (χ2n) is 7.25. The molecule has 26 heavy (non-hydrogen) atoms. The first-order valence-corrected chi connectivity index (χ1v) is 9.49. The van der Waals surface area contributed by atoms with E-state index in [1.165, 1.54) is 13.5 Å². The van der Waals surface area contributed by atoms with Crippen LogP contribution >= 0.6 is 0 Å². The molecule has 1 fully saturated rings. The zero-order valence-corrected chi connectivity index (χ0v) is 16.4. The van der Waals surface area contributed by atoms with Crippen molar-refractivity contribution in [3.8, 4) is 5.75 Å². The van der Waals surface area contributed by atoms with Gasteiger partial charge in [-0.25, -0.2) is 0 Å². The Morgan fingerprint density at radius 3 is 2.42 bits per heavy atom. The van der Waals surface area contributed by atoms with Gasteiger partial charge in [0, 0.05) is 12.6 Å². The van der Waals surface area contributed by atoms with Crippen molar-refractivity contribution in [1.82, 2.24) is 4.90 Å². The number of rotatable bonds is 7. The molecule has 0 aromatic heterocycles. The Kier molecular flexibility index (Phi) is 7.49. The van der Waals surface area contributed by atoms with Crippen molar-refractivity contribution in [2.45, 2.75) is 58.9 Å². The molecule has 1 aromatic carbocycles. The summed E-state index contributed by atoms with van der Waals surface area (Å²) >= 11 is 0. The van der Waals surface area contributed by atoms with E-state index < -0.39 is 0 Å². The fourth-order valence-corrected chi connectivity index (χ4v) is 3.79.